The van der Waals surface area contributed by atoms with Gasteiger partial charge in [-0.05, 0) is 51.4 Å². The molecule has 0 heterocycles. The van der Waals surface area contributed by atoms with Crippen molar-refractivity contribution in [2.45, 2.75) is 386 Å². The quantitative estimate of drug-likeness (QED) is 0.0320. The standard InChI is InChI=1S/C66H129NO5/c1-3-5-7-9-11-13-15-17-18-19-20-26-29-32-35-38-42-46-50-54-58-64(69)63(62-68)67-65(70)59-55-51-47-43-39-36-33-30-27-24-22-21-23-25-28-31-34-37-41-45-49-53-57-61-72-66(71)60-56-52-48-44-40-16-14-12-10-8-6-4-2/h24,27,63-64,68-69H,3-23,25-26,28-62H2,1-2H3,(H,67,70)/b27-24-. The van der Waals surface area contributed by atoms with Crippen molar-refractivity contribution in [2.75, 3.05) is 13.2 Å². The molecule has 0 bridgehead atoms. The van der Waals surface area contributed by atoms with E-state index in [1.54, 1.807) is 0 Å². The zero-order valence-corrected chi connectivity index (χ0v) is 48.9. The number of hydrogen-bond acceptors (Lipinski definition) is 5. The van der Waals surface area contributed by atoms with Crippen LogP contribution in [0.3, 0.4) is 0 Å². The molecule has 0 fully saturated rings. The van der Waals surface area contributed by atoms with Crippen LogP contribution in [-0.4, -0.2) is 47.4 Å². The molecule has 2 atom stereocenters. The molecule has 0 radical (unpaired) electrons. The molecule has 2 unspecified atom stereocenters. The molecule has 3 N–H and O–H groups in total. The van der Waals surface area contributed by atoms with Crippen molar-refractivity contribution in [3.05, 3.63) is 12.2 Å². The first-order valence-electron chi connectivity index (χ1n) is 32.9. The van der Waals surface area contributed by atoms with Gasteiger partial charge in [-0.1, -0.05) is 321 Å². The van der Waals surface area contributed by atoms with E-state index < -0.39 is 12.1 Å². The summed E-state index contributed by atoms with van der Waals surface area (Å²) in [4.78, 5) is 24.5. The van der Waals surface area contributed by atoms with Crippen LogP contribution in [0.1, 0.15) is 373 Å². The number of aliphatic hydroxyl groups is 2. The molecule has 0 aliphatic carbocycles. The van der Waals surface area contributed by atoms with Crippen molar-refractivity contribution in [3.63, 3.8) is 0 Å². The smallest absolute Gasteiger partial charge is 0.305 e. The third kappa shape index (κ3) is 57.9. The Hall–Kier alpha value is -1.40. The highest BCUT2D eigenvalue weighted by Crippen LogP contribution is 2.18. The van der Waals surface area contributed by atoms with E-state index in [4.69, 9.17) is 4.74 Å². The summed E-state index contributed by atoms with van der Waals surface area (Å²) in [7, 11) is 0. The van der Waals surface area contributed by atoms with Crippen molar-refractivity contribution in [3.8, 4) is 0 Å². The van der Waals surface area contributed by atoms with Crippen LogP contribution >= 0.6 is 0 Å². The monoisotopic (exact) mass is 1020 g/mol. The third-order valence-corrected chi connectivity index (χ3v) is 15.6. The molecule has 1 amide bonds. The largest absolute Gasteiger partial charge is 0.466 e. The number of rotatable bonds is 62. The molecule has 0 aromatic carbocycles. The third-order valence-electron chi connectivity index (χ3n) is 15.6. The first-order valence-corrected chi connectivity index (χ1v) is 32.9. The molecule has 6 heteroatoms. The van der Waals surface area contributed by atoms with E-state index in [9.17, 15) is 19.8 Å². The topological polar surface area (TPSA) is 95.9 Å². The normalized spacial score (nSPS) is 12.6. The second kappa shape index (κ2) is 62.1. The average molecular weight is 1020 g/mol. The van der Waals surface area contributed by atoms with Gasteiger partial charge in [-0.2, -0.15) is 0 Å². The van der Waals surface area contributed by atoms with E-state index >= 15 is 0 Å². The van der Waals surface area contributed by atoms with E-state index in [1.807, 2.05) is 0 Å². The summed E-state index contributed by atoms with van der Waals surface area (Å²) in [5.74, 6) is -0.0240. The number of carbonyl (C=O) groups excluding carboxylic acids is 2. The number of allylic oxidation sites excluding steroid dienone is 2. The minimum absolute atomic E-state index is 0.0131. The number of aliphatic hydroxyl groups excluding tert-OH is 2. The molecular weight excluding hydrogens is 887 g/mol. The molecule has 0 aromatic heterocycles. The highest BCUT2D eigenvalue weighted by molar-refractivity contribution is 5.76. The molecule has 0 saturated heterocycles. The fourth-order valence-electron chi connectivity index (χ4n) is 10.5. The molecule has 72 heavy (non-hydrogen) atoms. The Labute approximate surface area is 450 Å². The lowest BCUT2D eigenvalue weighted by atomic mass is 10.0. The lowest BCUT2D eigenvalue weighted by Crippen LogP contribution is -2.45. The Morgan fingerprint density at radius 3 is 0.986 bits per heavy atom. The zero-order valence-electron chi connectivity index (χ0n) is 48.9. The van der Waals surface area contributed by atoms with E-state index in [1.165, 1.54) is 302 Å². The van der Waals surface area contributed by atoms with Gasteiger partial charge in [0.2, 0.25) is 5.91 Å². The molecule has 0 spiro atoms. The minimum Gasteiger partial charge on any atom is -0.466 e. The first-order chi connectivity index (χ1) is 35.5. The van der Waals surface area contributed by atoms with Gasteiger partial charge in [0.05, 0.1) is 25.4 Å². The predicted octanol–water partition coefficient (Wildman–Crippen LogP) is 20.8. The molecule has 0 aliphatic heterocycles. The summed E-state index contributed by atoms with van der Waals surface area (Å²) >= 11 is 0. The van der Waals surface area contributed by atoms with Crippen molar-refractivity contribution < 1.29 is 24.5 Å². The Morgan fingerprint density at radius 1 is 0.375 bits per heavy atom. The van der Waals surface area contributed by atoms with E-state index in [0.717, 1.165) is 38.5 Å². The molecule has 0 rings (SSSR count). The summed E-state index contributed by atoms with van der Waals surface area (Å²) in [5.41, 5.74) is 0. The van der Waals surface area contributed by atoms with Crippen LogP contribution in [0, 0.1) is 0 Å². The maximum atomic E-state index is 12.5. The van der Waals surface area contributed by atoms with E-state index in [2.05, 4.69) is 31.3 Å². The Kier molecular flexibility index (Phi) is 60.9. The number of unbranched alkanes of at least 4 members (excludes halogenated alkanes) is 49. The molecular formula is C66H129NO5. The van der Waals surface area contributed by atoms with Gasteiger partial charge in [-0.3, -0.25) is 9.59 Å². The summed E-state index contributed by atoms with van der Waals surface area (Å²) in [6.07, 6.45) is 75.2. The summed E-state index contributed by atoms with van der Waals surface area (Å²) in [6, 6.07) is -0.546. The number of amides is 1. The van der Waals surface area contributed by atoms with Gasteiger partial charge in [0.1, 0.15) is 0 Å². The van der Waals surface area contributed by atoms with E-state index in [-0.39, 0.29) is 18.5 Å². The van der Waals surface area contributed by atoms with Crippen molar-refractivity contribution in [1.29, 1.82) is 0 Å². The van der Waals surface area contributed by atoms with Gasteiger partial charge < -0.3 is 20.3 Å². The van der Waals surface area contributed by atoms with Gasteiger partial charge in [0, 0.05) is 12.8 Å². The van der Waals surface area contributed by atoms with Crippen LogP contribution in [0.2, 0.25) is 0 Å². The fourth-order valence-corrected chi connectivity index (χ4v) is 10.5. The first kappa shape index (κ1) is 70.6. The van der Waals surface area contributed by atoms with Crippen molar-refractivity contribution in [2.24, 2.45) is 0 Å². The highest BCUT2D eigenvalue weighted by Gasteiger charge is 2.20. The lowest BCUT2D eigenvalue weighted by Gasteiger charge is -2.22. The lowest BCUT2D eigenvalue weighted by molar-refractivity contribution is -0.143. The van der Waals surface area contributed by atoms with Gasteiger partial charge in [-0.15, -0.1) is 0 Å². The Bertz CT molecular complexity index is 1080. The van der Waals surface area contributed by atoms with Gasteiger partial charge in [0.25, 0.3) is 0 Å². The predicted molar refractivity (Wildman–Crippen MR) is 315 cm³/mol. The molecule has 0 aliphatic rings. The molecule has 0 saturated carbocycles. The Morgan fingerprint density at radius 2 is 0.653 bits per heavy atom. The number of hydrogen-bond donors (Lipinski definition) is 3. The minimum atomic E-state index is -0.668. The van der Waals surface area contributed by atoms with Gasteiger partial charge >= 0.3 is 5.97 Å². The fraction of sp³-hybridized carbons (Fsp3) is 0.939. The number of carbonyl (C=O) groups is 2. The van der Waals surface area contributed by atoms with Crippen LogP contribution in [-0.2, 0) is 14.3 Å². The summed E-state index contributed by atoms with van der Waals surface area (Å²) < 4.78 is 5.48. The second-order valence-electron chi connectivity index (χ2n) is 22.8. The second-order valence-corrected chi connectivity index (χ2v) is 22.8. The van der Waals surface area contributed by atoms with E-state index in [0.29, 0.717) is 25.9 Å². The highest BCUT2D eigenvalue weighted by atomic mass is 16.5. The maximum absolute atomic E-state index is 12.5. The van der Waals surface area contributed by atoms with Crippen molar-refractivity contribution >= 4 is 11.9 Å². The van der Waals surface area contributed by atoms with Gasteiger partial charge in [-0.25, -0.2) is 0 Å². The van der Waals surface area contributed by atoms with Crippen molar-refractivity contribution in [1.82, 2.24) is 5.32 Å². The molecule has 6 nitrogen and oxygen atoms in total. The van der Waals surface area contributed by atoms with Crippen LogP contribution < -0.4 is 5.32 Å². The molecule has 428 valence electrons. The van der Waals surface area contributed by atoms with Gasteiger partial charge in [0.15, 0.2) is 0 Å². The van der Waals surface area contributed by atoms with Crippen LogP contribution in [0.5, 0.6) is 0 Å². The Balaban J connectivity index is 3.41. The zero-order chi connectivity index (χ0) is 52.2. The van der Waals surface area contributed by atoms with Crippen LogP contribution in [0.25, 0.3) is 0 Å². The average Bonchev–Trinajstić information content (AvgIpc) is 3.38. The number of esters is 1. The summed E-state index contributed by atoms with van der Waals surface area (Å²) in [6.45, 7) is 4.98. The van der Waals surface area contributed by atoms with Crippen LogP contribution in [0.4, 0.5) is 0 Å². The number of ether oxygens (including phenoxy) is 1. The number of nitrogens with one attached hydrogen (secondary N) is 1. The van der Waals surface area contributed by atoms with Crippen LogP contribution in [0.15, 0.2) is 12.2 Å². The summed E-state index contributed by atoms with van der Waals surface area (Å²) in [5, 5.41) is 23.4. The SMILES string of the molecule is CCCCCCCCCCCCCCCCCCCCCCC(O)C(CO)NC(=O)CCCCCCCCC/C=C\CCCCCCCCCCCCCCOC(=O)CCCCCCCCCCCCCC. The maximum Gasteiger partial charge on any atom is 0.305 e. The molecule has 0 aromatic rings.